The Morgan fingerprint density at radius 3 is 2.84 bits per heavy atom. The van der Waals surface area contributed by atoms with Crippen LogP contribution in [-0.2, 0) is 17.8 Å². The average Bonchev–Trinajstić information content (AvgIpc) is 2.88. The second-order valence-electron chi connectivity index (χ2n) is 3.89. The summed E-state index contributed by atoms with van der Waals surface area (Å²) in [6.07, 6.45) is 3.52. The van der Waals surface area contributed by atoms with Gasteiger partial charge in [0.2, 0.25) is 0 Å². The van der Waals surface area contributed by atoms with Crippen molar-refractivity contribution in [3.05, 3.63) is 35.8 Å². The molecule has 0 spiro atoms. The summed E-state index contributed by atoms with van der Waals surface area (Å²) in [4.78, 5) is 23.3. The molecule has 0 fully saturated rings. The van der Waals surface area contributed by atoms with Crippen LogP contribution in [-0.4, -0.2) is 37.7 Å². The van der Waals surface area contributed by atoms with E-state index < -0.39 is 5.97 Å². The third-order valence-corrected chi connectivity index (χ3v) is 2.49. The van der Waals surface area contributed by atoms with Gasteiger partial charge in [0.05, 0.1) is 12.3 Å². The van der Waals surface area contributed by atoms with Gasteiger partial charge in [0.15, 0.2) is 5.69 Å². The van der Waals surface area contributed by atoms with Crippen molar-refractivity contribution in [2.75, 3.05) is 7.11 Å². The highest BCUT2D eigenvalue weighted by atomic mass is 16.5. The van der Waals surface area contributed by atoms with Crippen molar-refractivity contribution in [3.8, 4) is 5.82 Å². The SMILES string of the molecule is CCc1nc(COC)cc(-n2cnc(C(=O)O)c2)n1. The van der Waals surface area contributed by atoms with Crippen LogP contribution in [0.1, 0.15) is 28.9 Å². The number of aromatic carboxylic acids is 1. The van der Waals surface area contributed by atoms with E-state index in [1.165, 1.54) is 12.5 Å². The third-order valence-electron chi connectivity index (χ3n) is 2.49. The number of methoxy groups -OCH3 is 1. The van der Waals surface area contributed by atoms with Crippen LogP contribution in [0.3, 0.4) is 0 Å². The predicted molar refractivity (Wildman–Crippen MR) is 66.2 cm³/mol. The summed E-state index contributed by atoms with van der Waals surface area (Å²) < 4.78 is 6.61. The first-order chi connectivity index (χ1) is 9.13. The van der Waals surface area contributed by atoms with Gasteiger partial charge in [-0.3, -0.25) is 4.57 Å². The first-order valence-corrected chi connectivity index (χ1v) is 5.77. The summed E-state index contributed by atoms with van der Waals surface area (Å²) in [6, 6.07) is 1.75. The van der Waals surface area contributed by atoms with Gasteiger partial charge in [-0.2, -0.15) is 0 Å². The largest absolute Gasteiger partial charge is 0.476 e. The number of aryl methyl sites for hydroxylation is 1. The molecular weight excluding hydrogens is 248 g/mol. The van der Waals surface area contributed by atoms with Crippen molar-refractivity contribution in [1.82, 2.24) is 19.5 Å². The zero-order valence-corrected chi connectivity index (χ0v) is 10.7. The fourth-order valence-corrected chi connectivity index (χ4v) is 1.61. The standard InChI is InChI=1S/C12H14N4O3/c1-3-10-14-8(6-19-2)4-11(15-10)16-5-9(12(17)18)13-7-16/h4-5,7H,3,6H2,1-2H3,(H,17,18). The molecule has 2 aromatic rings. The Bertz CT molecular complexity index is 594. The Hall–Kier alpha value is -2.28. The number of carboxylic acid groups (broad SMARTS) is 1. The molecule has 0 bridgehead atoms. The van der Waals surface area contributed by atoms with Crippen molar-refractivity contribution >= 4 is 5.97 Å². The highest BCUT2D eigenvalue weighted by molar-refractivity contribution is 5.85. The monoisotopic (exact) mass is 262 g/mol. The number of rotatable bonds is 5. The van der Waals surface area contributed by atoms with E-state index in [9.17, 15) is 4.79 Å². The zero-order valence-electron chi connectivity index (χ0n) is 10.7. The van der Waals surface area contributed by atoms with Crippen LogP contribution in [0, 0.1) is 0 Å². The Morgan fingerprint density at radius 2 is 2.26 bits per heavy atom. The topological polar surface area (TPSA) is 90.1 Å². The van der Waals surface area contributed by atoms with Crippen LogP contribution in [0.5, 0.6) is 0 Å². The summed E-state index contributed by atoms with van der Waals surface area (Å²) >= 11 is 0. The second kappa shape index (κ2) is 5.57. The Balaban J connectivity index is 2.41. The molecule has 7 heteroatoms. The molecule has 2 heterocycles. The van der Waals surface area contributed by atoms with Gasteiger partial charge in [0.25, 0.3) is 0 Å². The number of carboxylic acids is 1. The molecule has 7 nitrogen and oxygen atoms in total. The van der Waals surface area contributed by atoms with E-state index in [1.54, 1.807) is 17.7 Å². The number of hydrogen-bond donors (Lipinski definition) is 1. The smallest absolute Gasteiger partial charge is 0.356 e. The average molecular weight is 262 g/mol. The molecule has 0 aliphatic rings. The molecule has 19 heavy (non-hydrogen) atoms. The first kappa shape index (κ1) is 13.2. The van der Waals surface area contributed by atoms with Gasteiger partial charge >= 0.3 is 5.97 Å². The zero-order chi connectivity index (χ0) is 13.8. The van der Waals surface area contributed by atoms with Gasteiger partial charge in [0, 0.05) is 25.8 Å². The Kier molecular flexibility index (Phi) is 3.86. The minimum atomic E-state index is -1.07. The Labute approximate surface area is 109 Å². The van der Waals surface area contributed by atoms with Crippen LogP contribution in [0.2, 0.25) is 0 Å². The molecule has 0 aliphatic carbocycles. The van der Waals surface area contributed by atoms with Gasteiger partial charge in [0.1, 0.15) is 18.0 Å². The molecule has 100 valence electrons. The van der Waals surface area contributed by atoms with Gasteiger partial charge in [-0.25, -0.2) is 19.7 Å². The van der Waals surface area contributed by atoms with Crippen molar-refractivity contribution in [1.29, 1.82) is 0 Å². The van der Waals surface area contributed by atoms with Gasteiger partial charge in [-0.1, -0.05) is 6.92 Å². The summed E-state index contributed by atoms with van der Waals surface area (Å²) in [7, 11) is 1.59. The lowest BCUT2D eigenvalue weighted by atomic mass is 10.3. The quantitative estimate of drug-likeness (QED) is 0.866. The molecule has 1 N–H and O–H groups in total. The van der Waals surface area contributed by atoms with Crippen molar-refractivity contribution in [2.45, 2.75) is 20.0 Å². The van der Waals surface area contributed by atoms with Crippen molar-refractivity contribution in [2.24, 2.45) is 0 Å². The van der Waals surface area contributed by atoms with E-state index >= 15 is 0 Å². The van der Waals surface area contributed by atoms with E-state index in [0.29, 0.717) is 24.7 Å². The van der Waals surface area contributed by atoms with Gasteiger partial charge in [-0.15, -0.1) is 0 Å². The lowest BCUT2D eigenvalue weighted by Crippen LogP contribution is -2.05. The lowest BCUT2D eigenvalue weighted by molar-refractivity contribution is 0.0691. The lowest BCUT2D eigenvalue weighted by Gasteiger charge is -2.06. The molecule has 0 saturated heterocycles. The van der Waals surface area contributed by atoms with Crippen LogP contribution < -0.4 is 0 Å². The maximum absolute atomic E-state index is 10.8. The van der Waals surface area contributed by atoms with E-state index in [4.69, 9.17) is 9.84 Å². The van der Waals surface area contributed by atoms with Crippen LogP contribution in [0.4, 0.5) is 0 Å². The normalized spacial score (nSPS) is 10.6. The predicted octanol–water partition coefficient (Wildman–Crippen LogP) is 1.07. The van der Waals surface area contributed by atoms with Crippen LogP contribution >= 0.6 is 0 Å². The molecule has 0 amide bonds. The third kappa shape index (κ3) is 2.94. The minimum Gasteiger partial charge on any atom is -0.476 e. The summed E-state index contributed by atoms with van der Waals surface area (Å²) in [5.74, 6) is 0.190. The molecule has 0 unspecified atom stereocenters. The molecule has 0 saturated carbocycles. The maximum Gasteiger partial charge on any atom is 0.356 e. The van der Waals surface area contributed by atoms with Crippen molar-refractivity contribution in [3.63, 3.8) is 0 Å². The number of nitrogens with zero attached hydrogens (tertiary/aromatic N) is 4. The number of hydrogen-bond acceptors (Lipinski definition) is 5. The summed E-state index contributed by atoms with van der Waals surface area (Å²) in [5, 5.41) is 8.86. The minimum absolute atomic E-state index is 0.0232. The van der Waals surface area contributed by atoms with Crippen molar-refractivity contribution < 1.29 is 14.6 Å². The van der Waals surface area contributed by atoms with Gasteiger partial charge < -0.3 is 9.84 Å². The molecule has 0 radical (unpaired) electrons. The maximum atomic E-state index is 10.8. The fourth-order valence-electron chi connectivity index (χ4n) is 1.61. The molecule has 0 aliphatic heterocycles. The summed E-state index contributed by atoms with van der Waals surface area (Å²) in [6.45, 7) is 2.33. The molecule has 0 aromatic carbocycles. The summed E-state index contributed by atoms with van der Waals surface area (Å²) in [5.41, 5.74) is 0.722. The highest BCUT2D eigenvalue weighted by Crippen LogP contribution is 2.10. The first-order valence-electron chi connectivity index (χ1n) is 5.77. The fraction of sp³-hybridized carbons (Fsp3) is 0.333. The highest BCUT2D eigenvalue weighted by Gasteiger charge is 2.10. The molecule has 2 rings (SSSR count). The van der Waals surface area contributed by atoms with Crippen LogP contribution in [0.15, 0.2) is 18.6 Å². The number of imidazole rings is 1. The van der Waals surface area contributed by atoms with E-state index in [-0.39, 0.29) is 5.69 Å². The van der Waals surface area contributed by atoms with E-state index in [1.807, 2.05) is 6.92 Å². The van der Waals surface area contributed by atoms with Crippen LogP contribution in [0.25, 0.3) is 5.82 Å². The molecular formula is C12H14N4O3. The molecule has 0 atom stereocenters. The molecule has 2 aromatic heterocycles. The second-order valence-corrected chi connectivity index (χ2v) is 3.89. The van der Waals surface area contributed by atoms with E-state index in [2.05, 4.69) is 15.0 Å². The van der Waals surface area contributed by atoms with Gasteiger partial charge in [-0.05, 0) is 0 Å². The Morgan fingerprint density at radius 1 is 1.47 bits per heavy atom. The number of ether oxygens (including phenoxy) is 1. The van der Waals surface area contributed by atoms with E-state index in [0.717, 1.165) is 5.69 Å². The number of carbonyl (C=O) groups is 1. The number of aromatic nitrogens is 4.